The molecule has 1 unspecified atom stereocenters. The Morgan fingerprint density at radius 1 is 0.962 bits per heavy atom. The Labute approximate surface area is 311 Å². The number of allylic oxidation sites excluding steroid dienone is 2. The molecule has 13 heteroatoms. The van der Waals surface area contributed by atoms with Gasteiger partial charge in [0.15, 0.2) is 0 Å². The number of carbonyl (C=O) groups excluding carboxylic acids is 3. The first-order valence-electron chi connectivity index (χ1n) is 17.7. The topological polar surface area (TPSA) is 133 Å². The van der Waals surface area contributed by atoms with Crippen molar-refractivity contribution in [2.45, 2.75) is 84.5 Å². The highest BCUT2D eigenvalue weighted by Crippen LogP contribution is 2.48. The molecule has 4 heterocycles. The fourth-order valence-corrected chi connectivity index (χ4v) is 7.57. The van der Waals surface area contributed by atoms with Gasteiger partial charge < -0.3 is 23.9 Å². The average Bonchev–Trinajstić information content (AvgIpc) is 3.91. The highest BCUT2D eigenvalue weighted by molar-refractivity contribution is 7.14. The van der Waals surface area contributed by atoms with E-state index in [0.717, 1.165) is 11.1 Å². The zero-order valence-corrected chi connectivity index (χ0v) is 31.3. The number of halogens is 1. The van der Waals surface area contributed by atoms with Crippen molar-refractivity contribution in [3.05, 3.63) is 122 Å². The maximum Gasteiger partial charge on any atom is 0.410 e. The number of aryl methyl sites for hydroxylation is 2. The summed E-state index contributed by atoms with van der Waals surface area (Å²) in [5, 5.41) is 12.1. The van der Waals surface area contributed by atoms with E-state index in [4.69, 9.17) is 18.6 Å². The predicted molar refractivity (Wildman–Crippen MR) is 196 cm³/mol. The van der Waals surface area contributed by atoms with Gasteiger partial charge in [0.25, 0.3) is 0 Å². The van der Waals surface area contributed by atoms with Gasteiger partial charge in [0.1, 0.15) is 22.9 Å². The van der Waals surface area contributed by atoms with Crippen molar-refractivity contribution in [1.29, 1.82) is 0 Å². The van der Waals surface area contributed by atoms with Gasteiger partial charge in [-0.2, -0.15) is 0 Å². The molecular weight excluding hydrogens is 700 g/mol. The van der Waals surface area contributed by atoms with Crippen LogP contribution in [-0.2, 0) is 32.0 Å². The maximum absolute atomic E-state index is 14.3. The number of benzene rings is 2. The molecule has 0 aliphatic carbocycles. The fourth-order valence-electron chi connectivity index (χ4n) is 6.55. The summed E-state index contributed by atoms with van der Waals surface area (Å²) in [6, 6.07) is 18.6. The molecule has 1 fully saturated rings. The summed E-state index contributed by atoms with van der Waals surface area (Å²) in [6.45, 7) is 9.45. The highest BCUT2D eigenvalue weighted by atomic mass is 32.1. The van der Waals surface area contributed by atoms with E-state index in [1.54, 1.807) is 43.0 Å². The number of aromatic nitrogens is 2. The molecule has 0 saturated carbocycles. The molecular formula is C40H43FN4O7S. The summed E-state index contributed by atoms with van der Waals surface area (Å²) in [5.74, 6) is -1.77. The molecule has 2 aromatic carbocycles. The molecule has 6 rings (SSSR count). The number of thiophene rings is 1. The summed E-state index contributed by atoms with van der Waals surface area (Å²) in [6.07, 6.45) is 1.63. The largest absolute Gasteiger partial charge is 0.463 e. The molecule has 0 radical (unpaired) electrons. The molecule has 11 nitrogen and oxygen atoms in total. The molecule has 2 aliphatic rings. The number of nitrogens with zero attached hydrogens (tertiary/aromatic N) is 3. The molecule has 53 heavy (non-hydrogen) atoms. The van der Waals surface area contributed by atoms with Crippen LogP contribution in [0.1, 0.15) is 90.3 Å². The minimum Gasteiger partial charge on any atom is -0.463 e. The monoisotopic (exact) mass is 742 g/mol. The minimum atomic E-state index is -0.838. The molecule has 1 amide bonds. The van der Waals surface area contributed by atoms with Crippen LogP contribution in [0.5, 0.6) is 0 Å². The Kier molecular flexibility index (Phi) is 11.4. The second-order valence-electron chi connectivity index (χ2n) is 13.8. The predicted octanol–water partition coefficient (Wildman–Crippen LogP) is 7.88. The third-order valence-electron chi connectivity index (χ3n) is 8.85. The van der Waals surface area contributed by atoms with E-state index in [9.17, 15) is 18.8 Å². The van der Waals surface area contributed by atoms with E-state index in [2.05, 4.69) is 15.5 Å². The summed E-state index contributed by atoms with van der Waals surface area (Å²) in [5.41, 5.74) is 2.95. The lowest BCUT2D eigenvalue weighted by molar-refractivity contribution is -0.138. The minimum absolute atomic E-state index is 0.0976. The van der Waals surface area contributed by atoms with Crippen molar-refractivity contribution >= 4 is 34.9 Å². The van der Waals surface area contributed by atoms with Gasteiger partial charge in [0, 0.05) is 35.3 Å². The Balaban J connectivity index is 1.49. The quantitative estimate of drug-likeness (QED) is 0.120. The standard InChI is InChI=1S/C40H43FN4O7S/c1-6-49-38(47)34-33(30-20-21-31(53-30)37(46)50-23-26-11-8-7-9-12-26)32(36-44-43-24(2)51-36)28(19-16-25-14-17-27(41)18-15-25)42-35(34)29-13-10-22-45(29)39(48)52-40(3,4)5/h7-9,11-12,14-15,17-18,20-21,29,33,42H,6,10,13,16,19,22-23H2,1-5H3/t29-,33?/m0/s1. The number of likely N-dealkylation sites (tertiary alicyclic amines) is 1. The maximum atomic E-state index is 14.3. The van der Waals surface area contributed by atoms with Crippen molar-refractivity contribution in [1.82, 2.24) is 20.4 Å². The van der Waals surface area contributed by atoms with Crippen LogP contribution in [0.15, 0.2) is 88.1 Å². The van der Waals surface area contributed by atoms with Gasteiger partial charge >= 0.3 is 18.0 Å². The summed E-state index contributed by atoms with van der Waals surface area (Å²) >= 11 is 1.19. The van der Waals surface area contributed by atoms with Crippen molar-refractivity contribution in [3.63, 3.8) is 0 Å². The van der Waals surface area contributed by atoms with Crippen molar-refractivity contribution in [3.8, 4) is 0 Å². The molecule has 2 atom stereocenters. The van der Waals surface area contributed by atoms with Gasteiger partial charge in [-0.3, -0.25) is 4.90 Å². The molecule has 2 aromatic heterocycles. The number of ether oxygens (including phenoxy) is 3. The van der Waals surface area contributed by atoms with E-state index in [1.165, 1.54) is 23.5 Å². The fraction of sp³-hybridized carbons (Fsp3) is 0.375. The molecule has 0 bridgehead atoms. The Hall–Kier alpha value is -5.30. The van der Waals surface area contributed by atoms with E-state index < -0.39 is 35.6 Å². The number of dihydropyridines is 1. The Morgan fingerprint density at radius 3 is 2.40 bits per heavy atom. The second kappa shape index (κ2) is 16.2. The number of nitrogens with one attached hydrogen (secondary N) is 1. The van der Waals surface area contributed by atoms with E-state index >= 15 is 0 Å². The number of esters is 2. The smallest absolute Gasteiger partial charge is 0.410 e. The summed E-state index contributed by atoms with van der Waals surface area (Å²) in [4.78, 5) is 43.9. The Bertz CT molecular complexity index is 2010. The lowest BCUT2D eigenvalue weighted by Gasteiger charge is -2.37. The summed E-state index contributed by atoms with van der Waals surface area (Å²) < 4.78 is 37.1. The number of hydrogen-bond acceptors (Lipinski definition) is 11. The number of carbonyl (C=O) groups is 3. The highest BCUT2D eigenvalue weighted by Gasteiger charge is 2.45. The number of amides is 1. The van der Waals surface area contributed by atoms with Gasteiger partial charge in [-0.25, -0.2) is 18.8 Å². The SMILES string of the molecule is CCOC(=O)C1=C([C@@H]2CCCN2C(=O)OC(C)(C)C)NC(CCc2ccc(F)cc2)=C(c2nnc(C)o2)C1c1ccc(C(=O)OCc2ccccc2)s1. The van der Waals surface area contributed by atoms with Gasteiger partial charge in [0.2, 0.25) is 11.8 Å². The van der Waals surface area contributed by atoms with Crippen molar-refractivity contribution in [2.75, 3.05) is 13.2 Å². The van der Waals surface area contributed by atoms with Crippen LogP contribution in [0.25, 0.3) is 5.57 Å². The lowest BCUT2D eigenvalue weighted by atomic mass is 9.81. The number of rotatable bonds is 11. The third kappa shape index (κ3) is 8.85. The van der Waals surface area contributed by atoms with Crippen LogP contribution in [0, 0.1) is 12.7 Å². The lowest BCUT2D eigenvalue weighted by Crippen LogP contribution is -2.45. The molecule has 2 aliphatic heterocycles. The molecule has 4 aromatic rings. The normalized spacial score (nSPS) is 17.5. The molecule has 1 saturated heterocycles. The Morgan fingerprint density at radius 2 is 1.72 bits per heavy atom. The summed E-state index contributed by atoms with van der Waals surface area (Å²) in [7, 11) is 0. The van der Waals surface area contributed by atoms with Crippen molar-refractivity contribution < 1.29 is 37.4 Å². The van der Waals surface area contributed by atoms with Crippen LogP contribution in [0.3, 0.4) is 0 Å². The molecule has 278 valence electrons. The molecule has 1 N–H and O–H groups in total. The van der Waals surface area contributed by atoms with Gasteiger partial charge in [-0.1, -0.05) is 42.5 Å². The van der Waals surface area contributed by atoms with Crippen LogP contribution < -0.4 is 5.32 Å². The first-order chi connectivity index (χ1) is 25.4. The molecule has 0 spiro atoms. The van der Waals surface area contributed by atoms with Crippen LogP contribution in [0.4, 0.5) is 9.18 Å². The number of hydrogen-bond donors (Lipinski definition) is 1. The van der Waals surface area contributed by atoms with E-state index in [-0.39, 0.29) is 30.5 Å². The van der Waals surface area contributed by atoms with E-state index in [0.29, 0.717) is 64.8 Å². The van der Waals surface area contributed by atoms with Crippen LogP contribution >= 0.6 is 11.3 Å². The zero-order valence-electron chi connectivity index (χ0n) is 30.4. The average molecular weight is 743 g/mol. The first kappa shape index (κ1) is 37.5. The van der Waals surface area contributed by atoms with Crippen molar-refractivity contribution in [2.24, 2.45) is 0 Å². The van der Waals surface area contributed by atoms with Crippen LogP contribution in [0.2, 0.25) is 0 Å². The van der Waals surface area contributed by atoms with Crippen LogP contribution in [-0.4, -0.2) is 57.9 Å². The van der Waals surface area contributed by atoms with Gasteiger partial charge in [-0.05, 0) is 88.8 Å². The third-order valence-corrected chi connectivity index (χ3v) is 9.98. The zero-order chi connectivity index (χ0) is 37.7. The van der Waals surface area contributed by atoms with Gasteiger partial charge in [0.05, 0.1) is 24.1 Å². The first-order valence-corrected chi connectivity index (χ1v) is 18.5. The second-order valence-corrected chi connectivity index (χ2v) is 15.0. The van der Waals surface area contributed by atoms with Gasteiger partial charge in [-0.15, -0.1) is 21.5 Å². The van der Waals surface area contributed by atoms with E-state index in [1.807, 2.05) is 51.1 Å².